The van der Waals surface area contributed by atoms with Crippen molar-refractivity contribution in [1.29, 1.82) is 0 Å². The quantitative estimate of drug-likeness (QED) is 0.0870. The number of aliphatic carboxylic acids is 1. The van der Waals surface area contributed by atoms with Crippen LogP contribution in [0.1, 0.15) is 87.1 Å². The number of phenols is 1. The Kier molecular flexibility index (Phi) is 18.6. The fourth-order valence-corrected chi connectivity index (χ4v) is 5.33. The van der Waals surface area contributed by atoms with E-state index in [1.54, 1.807) is 39.8 Å². The fourth-order valence-electron chi connectivity index (χ4n) is 5.33. The van der Waals surface area contributed by atoms with Crippen molar-refractivity contribution in [2.45, 2.75) is 130 Å². The zero-order chi connectivity index (χ0) is 39.2. The predicted octanol–water partition coefficient (Wildman–Crippen LogP) is 0.946. The first kappa shape index (κ1) is 44.8. The topological polar surface area (TPSA) is 249 Å². The second-order valence-electron chi connectivity index (χ2n) is 14.8. The molecule has 0 saturated carbocycles. The van der Waals surface area contributed by atoms with Gasteiger partial charge in [0.25, 0.3) is 0 Å². The summed E-state index contributed by atoms with van der Waals surface area (Å²) < 4.78 is 0. The average molecular weight is 721 g/mol. The lowest BCUT2D eigenvalue weighted by Gasteiger charge is -2.30. The Balaban J connectivity index is 3.14. The van der Waals surface area contributed by atoms with Gasteiger partial charge in [-0.1, -0.05) is 67.5 Å². The summed E-state index contributed by atoms with van der Waals surface area (Å²) in [6, 6.07) is -0.833. The van der Waals surface area contributed by atoms with E-state index in [-0.39, 0.29) is 49.2 Å². The normalized spacial score (nSPS) is 15.7. The molecular weight excluding hydrogens is 660 g/mol. The molecule has 51 heavy (non-hydrogen) atoms. The number of carbonyl (C=O) groups excluding carboxylic acids is 5. The summed E-state index contributed by atoms with van der Waals surface area (Å²) in [5.41, 5.74) is 6.86. The van der Waals surface area contributed by atoms with Gasteiger partial charge in [0.1, 0.15) is 36.0 Å². The molecule has 10 N–H and O–H groups in total. The van der Waals surface area contributed by atoms with Gasteiger partial charge in [0, 0.05) is 0 Å². The maximum atomic E-state index is 13.7. The van der Waals surface area contributed by atoms with E-state index in [4.69, 9.17) is 5.73 Å². The Morgan fingerprint density at radius 2 is 0.980 bits per heavy atom. The minimum absolute atomic E-state index is 0.0185. The van der Waals surface area contributed by atoms with Gasteiger partial charge < -0.3 is 47.6 Å². The number of carboxylic acids is 1. The molecule has 0 aromatic heterocycles. The fraction of sp³-hybridized carbons (Fsp3) is 0.667. The summed E-state index contributed by atoms with van der Waals surface area (Å²) in [7, 11) is 0. The van der Waals surface area contributed by atoms with Crippen molar-refractivity contribution in [2.24, 2.45) is 29.4 Å². The highest BCUT2D eigenvalue weighted by Gasteiger charge is 2.35. The van der Waals surface area contributed by atoms with Crippen LogP contribution < -0.4 is 32.3 Å². The Hall–Kier alpha value is -4.24. The van der Waals surface area contributed by atoms with Crippen LogP contribution in [0, 0.1) is 23.7 Å². The maximum Gasteiger partial charge on any atom is 0.326 e. The summed E-state index contributed by atoms with van der Waals surface area (Å²) >= 11 is 0. The van der Waals surface area contributed by atoms with Gasteiger partial charge in [-0.2, -0.15) is 0 Å². The third kappa shape index (κ3) is 16.1. The van der Waals surface area contributed by atoms with E-state index in [1.165, 1.54) is 19.1 Å². The number of nitrogens with two attached hydrogens (primary N) is 1. The van der Waals surface area contributed by atoms with E-state index < -0.39 is 83.8 Å². The number of hydrogen-bond donors (Lipinski definition) is 9. The van der Waals surface area contributed by atoms with Crippen LogP contribution in [0.3, 0.4) is 0 Å². The number of nitrogens with one attached hydrogen (secondary N) is 5. The molecule has 0 saturated heterocycles. The van der Waals surface area contributed by atoms with Gasteiger partial charge in [-0.25, -0.2) is 4.79 Å². The van der Waals surface area contributed by atoms with Crippen molar-refractivity contribution >= 4 is 35.5 Å². The van der Waals surface area contributed by atoms with Crippen molar-refractivity contribution in [1.82, 2.24) is 26.6 Å². The number of hydrogen-bond acceptors (Lipinski definition) is 9. The molecule has 15 heteroatoms. The third-order valence-corrected chi connectivity index (χ3v) is 8.04. The molecule has 5 amide bonds. The van der Waals surface area contributed by atoms with E-state index >= 15 is 0 Å². The average Bonchev–Trinajstić information content (AvgIpc) is 3.00. The summed E-state index contributed by atoms with van der Waals surface area (Å²) in [5, 5.41) is 42.4. The molecule has 0 spiro atoms. The van der Waals surface area contributed by atoms with Crippen LogP contribution in [-0.2, 0) is 35.2 Å². The molecule has 0 heterocycles. The highest BCUT2D eigenvalue weighted by Crippen LogP contribution is 2.14. The van der Waals surface area contributed by atoms with E-state index in [1.807, 2.05) is 27.7 Å². The van der Waals surface area contributed by atoms with Gasteiger partial charge in [-0.05, 0) is 74.0 Å². The first-order valence-electron chi connectivity index (χ1n) is 17.6. The molecule has 0 aliphatic carbocycles. The molecular formula is C36H60N6O9. The molecule has 15 nitrogen and oxygen atoms in total. The predicted molar refractivity (Wildman–Crippen MR) is 192 cm³/mol. The number of phenolic OH excluding ortho intramolecular Hbond substituents is 1. The van der Waals surface area contributed by atoms with Crippen LogP contribution in [0.15, 0.2) is 24.3 Å². The van der Waals surface area contributed by atoms with Crippen LogP contribution in [0.4, 0.5) is 0 Å². The molecule has 0 aliphatic rings. The standard InChI is InChI=1S/C36H60N6O9/c1-18(2)14-26(38-31(45)25(37)17-23-10-12-24(44)13-11-23)32(46)41-29(21(7)8)34(48)39-27(15-19(3)4)33(47)42-30(22(9)43)35(49)40-28(36(50)51)16-20(5)6/h10-13,18-22,25-30,43-44H,14-17,37H2,1-9H3,(H,38,45)(H,39,48)(H,40,49)(H,41,46)(H,42,47)(H,50,51)/t22-,25+,26+,27+,28+,29+,30+/m1/s1. The maximum absolute atomic E-state index is 13.7. The molecule has 0 bridgehead atoms. The number of aliphatic hydroxyl groups excluding tert-OH is 1. The van der Waals surface area contributed by atoms with Crippen LogP contribution in [0.2, 0.25) is 0 Å². The smallest absolute Gasteiger partial charge is 0.326 e. The number of aromatic hydroxyl groups is 1. The highest BCUT2D eigenvalue weighted by atomic mass is 16.4. The molecule has 1 aromatic rings. The van der Waals surface area contributed by atoms with Gasteiger partial charge in [-0.15, -0.1) is 0 Å². The second-order valence-corrected chi connectivity index (χ2v) is 14.8. The van der Waals surface area contributed by atoms with Crippen LogP contribution in [-0.4, -0.2) is 93.2 Å². The first-order chi connectivity index (χ1) is 23.6. The number of carbonyl (C=O) groups is 6. The first-order valence-corrected chi connectivity index (χ1v) is 17.6. The SMILES string of the molecule is CC(C)C[C@H](NC(=O)[C@@H](NC(=O)[C@H](CC(C)C)NC(=O)[C@@H](NC(=O)[C@H](CC(C)C)NC(=O)[C@@H](N)Cc1ccc(O)cc1)C(C)C)[C@@H](C)O)C(=O)O. The van der Waals surface area contributed by atoms with Crippen molar-refractivity contribution in [3.05, 3.63) is 29.8 Å². The Morgan fingerprint density at radius 1 is 0.588 bits per heavy atom. The van der Waals surface area contributed by atoms with Gasteiger partial charge >= 0.3 is 5.97 Å². The zero-order valence-electron chi connectivity index (χ0n) is 31.4. The van der Waals surface area contributed by atoms with E-state index in [2.05, 4.69) is 26.6 Å². The van der Waals surface area contributed by atoms with Crippen molar-refractivity contribution < 1.29 is 44.1 Å². The molecule has 0 radical (unpaired) electrons. The van der Waals surface area contributed by atoms with Crippen LogP contribution >= 0.6 is 0 Å². The Labute approximate surface area is 301 Å². The van der Waals surface area contributed by atoms with Crippen molar-refractivity contribution in [2.75, 3.05) is 0 Å². The van der Waals surface area contributed by atoms with Crippen molar-refractivity contribution in [3.8, 4) is 5.75 Å². The van der Waals surface area contributed by atoms with Gasteiger partial charge in [0.2, 0.25) is 29.5 Å². The number of amides is 5. The summed E-state index contributed by atoms with van der Waals surface area (Å²) in [4.78, 5) is 78.6. The van der Waals surface area contributed by atoms with Crippen LogP contribution in [0.25, 0.3) is 0 Å². The highest BCUT2D eigenvalue weighted by molar-refractivity contribution is 5.96. The van der Waals surface area contributed by atoms with Gasteiger partial charge in [0.05, 0.1) is 12.1 Å². The van der Waals surface area contributed by atoms with Crippen molar-refractivity contribution in [3.63, 3.8) is 0 Å². The second kappa shape index (κ2) is 21.2. The van der Waals surface area contributed by atoms with E-state index in [0.29, 0.717) is 5.56 Å². The minimum Gasteiger partial charge on any atom is -0.508 e. The van der Waals surface area contributed by atoms with Gasteiger partial charge in [0.15, 0.2) is 0 Å². The largest absolute Gasteiger partial charge is 0.508 e. The van der Waals surface area contributed by atoms with E-state index in [0.717, 1.165) is 0 Å². The molecule has 0 aliphatic heterocycles. The molecule has 0 unspecified atom stereocenters. The number of aliphatic hydroxyl groups is 1. The number of benzene rings is 1. The number of rotatable bonds is 21. The van der Waals surface area contributed by atoms with Gasteiger partial charge in [-0.3, -0.25) is 24.0 Å². The summed E-state index contributed by atoms with van der Waals surface area (Å²) in [6.07, 6.45) is -0.724. The van der Waals surface area contributed by atoms with E-state index in [9.17, 15) is 44.1 Å². The third-order valence-electron chi connectivity index (χ3n) is 8.04. The lowest BCUT2D eigenvalue weighted by molar-refractivity contribution is -0.143. The Bertz CT molecular complexity index is 1320. The lowest BCUT2D eigenvalue weighted by Crippen LogP contribution is -2.61. The zero-order valence-corrected chi connectivity index (χ0v) is 31.4. The Morgan fingerprint density at radius 3 is 1.39 bits per heavy atom. The molecule has 288 valence electrons. The summed E-state index contributed by atoms with van der Waals surface area (Å²) in [5.74, 6) is -5.36. The molecule has 1 aromatic carbocycles. The summed E-state index contributed by atoms with van der Waals surface area (Å²) in [6.45, 7) is 15.7. The van der Waals surface area contributed by atoms with Crippen LogP contribution in [0.5, 0.6) is 5.75 Å². The molecule has 0 fully saturated rings. The lowest BCUT2D eigenvalue weighted by atomic mass is 9.97. The minimum atomic E-state index is -1.51. The number of carboxylic acid groups (broad SMARTS) is 1. The monoisotopic (exact) mass is 720 g/mol. The molecule has 7 atom stereocenters. The molecule has 1 rings (SSSR count).